The summed E-state index contributed by atoms with van der Waals surface area (Å²) < 4.78 is 13.8. The van der Waals surface area contributed by atoms with E-state index in [9.17, 15) is 9.18 Å². The molecule has 0 radical (unpaired) electrons. The van der Waals surface area contributed by atoms with Crippen molar-refractivity contribution in [3.05, 3.63) is 29.8 Å². The second-order valence-electron chi connectivity index (χ2n) is 6.88. The number of para-hydroxylation sites is 1. The van der Waals surface area contributed by atoms with Gasteiger partial charge in [-0.1, -0.05) is 6.07 Å². The molecule has 0 saturated carbocycles. The number of imidazole rings is 1. The van der Waals surface area contributed by atoms with Crippen molar-refractivity contribution in [1.82, 2.24) is 24.7 Å². The summed E-state index contributed by atoms with van der Waals surface area (Å²) in [5.74, 6) is 0.514. The van der Waals surface area contributed by atoms with Gasteiger partial charge in [-0.2, -0.15) is 0 Å². The topological polar surface area (TPSA) is 55.5 Å². The highest BCUT2D eigenvalue weighted by Gasteiger charge is 2.34. The second kappa shape index (κ2) is 6.63. The maximum absolute atomic E-state index is 13.8. The molecular formula is C18H24FN5O. The van der Waals surface area contributed by atoms with E-state index in [1.807, 2.05) is 22.8 Å². The van der Waals surface area contributed by atoms with E-state index < -0.39 is 0 Å². The third-order valence-corrected chi connectivity index (χ3v) is 5.39. The maximum atomic E-state index is 13.8. The van der Waals surface area contributed by atoms with Crippen molar-refractivity contribution >= 4 is 17.1 Å². The van der Waals surface area contributed by atoms with Crippen molar-refractivity contribution in [2.24, 2.45) is 0 Å². The lowest BCUT2D eigenvalue weighted by Crippen LogP contribution is -2.46. The SMILES string of the molecule is CCN1CCN(C2CCN(Cc3nc4c(F)cccc4[nH]3)CC2)C1=O. The van der Waals surface area contributed by atoms with Crippen molar-refractivity contribution in [2.45, 2.75) is 32.4 Å². The predicted octanol–water partition coefficient (Wildman–Crippen LogP) is 2.42. The van der Waals surface area contributed by atoms with Crippen molar-refractivity contribution in [3.8, 4) is 0 Å². The molecule has 134 valence electrons. The molecule has 2 saturated heterocycles. The van der Waals surface area contributed by atoms with Gasteiger partial charge in [0.05, 0.1) is 12.1 Å². The van der Waals surface area contributed by atoms with E-state index in [1.165, 1.54) is 6.07 Å². The number of carbonyl (C=O) groups is 1. The summed E-state index contributed by atoms with van der Waals surface area (Å²) in [6, 6.07) is 5.50. The van der Waals surface area contributed by atoms with Crippen LogP contribution in [0.3, 0.4) is 0 Å². The minimum absolute atomic E-state index is 0.189. The molecule has 2 aromatic rings. The fraction of sp³-hybridized carbons (Fsp3) is 0.556. The van der Waals surface area contributed by atoms with Crippen LogP contribution in [-0.2, 0) is 6.54 Å². The quantitative estimate of drug-likeness (QED) is 0.926. The lowest BCUT2D eigenvalue weighted by atomic mass is 10.0. The van der Waals surface area contributed by atoms with E-state index in [4.69, 9.17) is 0 Å². The van der Waals surface area contributed by atoms with E-state index in [-0.39, 0.29) is 11.8 Å². The standard InChI is InChI=1S/C18H24FN5O/c1-2-23-10-11-24(18(23)25)13-6-8-22(9-7-13)12-16-20-15-5-3-4-14(19)17(15)21-16/h3-5,13H,2,6-12H2,1H3,(H,20,21). The van der Waals surface area contributed by atoms with Gasteiger partial charge in [0.15, 0.2) is 5.82 Å². The molecule has 0 bridgehead atoms. The molecular weight excluding hydrogens is 321 g/mol. The highest BCUT2D eigenvalue weighted by atomic mass is 19.1. The average molecular weight is 345 g/mol. The van der Waals surface area contributed by atoms with Gasteiger partial charge in [-0.05, 0) is 31.9 Å². The van der Waals surface area contributed by atoms with Gasteiger partial charge in [-0.15, -0.1) is 0 Å². The molecule has 1 aromatic carbocycles. The zero-order chi connectivity index (χ0) is 17.4. The Hall–Kier alpha value is -2.15. The van der Waals surface area contributed by atoms with Crippen LogP contribution in [0.1, 0.15) is 25.6 Å². The Morgan fingerprint density at radius 1 is 1.24 bits per heavy atom. The molecule has 6 nitrogen and oxygen atoms in total. The number of urea groups is 1. The molecule has 2 amide bonds. The number of piperidine rings is 1. The Labute approximate surface area is 146 Å². The van der Waals surface area contributed by atoms with Crippen LogP contribution in [0, 0.1) is 5.82 Å². The number of aromatic nitrogens is 2. The number of nitrogens with zero attached hydrogens (tertiary/aromatic N) is 4. The average Bonchev–Trinajstić information content (AvgIpc) is 3.19. The number of likely N-dealkylation sites (N-methyl/N-ethyl adjacent to an activating group) is 1. The second-order valence-corrected chi connectivity index (χ2v) is 6.88. The van der Waals surface area contributed by atoms with Crippen molar-refractivity contribution in [1.29, 1.82) is 0 Å². The van der Waals surface area contributed by atoms with E-state index in [1.54, 1.807) is 6.07 Å². The van der Waals surface area contributed by atoms with Crippen LogP contribution >= 0.6 is 0 Å². The Kier molecular flexibility index (Phi) is 4.33. The Morgan fingerprint density at radius 2 is 2.04 bits per heavy atom. The van der Waals surface area contributed by atoms with Gasteiger partial charge in [0.25, 0.3) is 0 Å². The number of hydrogen-bond donors (Lipinski definition) is 1. The van der Waals surface area contributed by atoms with Gasteiger partial charge < -0.3 is 14.8 Å². The molecule has 0 unspecified atom stereocenters. The molecule has 0 aliphatic carbocycles. The van der Waals surface area contributed by atoms with Gasteiger partial charge >= 0.3 is 6.03 Å². The van der Waals surface area contributed by atoms with Crippen LogP contribution in [0.4, 0.5) is 9.18 Å². The van der Waals surface area contributed by atoms with Crippen molar-refractivity contribution in [3.63, 3.8) is 0 Å². The van der Waals surface area contributed by atoms with Gasteiger partial charge in [-0.3, -0.25) is 4.90 Å². The summed E-state index contributed by atoms with van der Waals surface area (Å²) in [6.45, 7) is 7.06. The molecule has 25 heavy (non-hydrogen) atoms. The number of nitrogens with one attached hydrogen (secondary N) is 1. The van der Waals surface area contributed by atoms with E-state index in [2.05, 4.69) is 14.9 Å². The molecule has 7 heteroatoms. The lowest BCUT2D eigenvalue weighted by Gasteiger charge is -2.36. The number of benzene rings is 1. The van der Waals surface area contributed by atoms with Crippen LogP contribution in [0.15, 0.2) is 18.2 Å². The third kappa shape index (κ3) is 3.08. The number of fused-ring (bicyclic) bond motifs is 1. The molecule has 1 N–H and O–H groups in total. The molecule has 1 aromatic heterocycles. The normalized spacial score (nSPS) is 20.2. The molecule has 2 aliphatic rings. The van der Waals surface area contributed by atoms with Crippen LogP contribution < -0.4 is 0 Å². The van der Waals surface area contributed by atoms with Crippen LogP contribution in [-0.4, -0.2) is 69.5 Å². The van der Waals surface area contributed by atoms with E-state index >= 15 is 0 Å². The van der Waals surface area contributed by atoms with Crippen molar-refractivity contribution in [2.75, 3.05) is 32.7 Å². The number of carbonyl (C=O) groups excluding carboxylic acids is 1. The number of hydrogen-bond acceptors (Lipinski definition) is 3. The largest absolute Gasteiger partial charge is 0.341 e. The first-order valence-corrected chi connectivity index (χ1v) is 9.06. The van der Waals surface area contributed by atoms with Crippen LogP contribution in [0.25, 0.3) is 11.0 Å². The van der Waals surface area contributed by atoms with Crippen LogP contribution in [0.5, 0.6) is 0 Å². The fourth-order valence-electron chi connectivity index (χ4n) is 3.96. The summed E-state index contributed by atoms with van der Waals surface area (Å²) >= 11 is 0. The van der Waals surface area contributed by atoms with Gasteiger partial charge in [0, 0.05) is 38.8 Å². The van der Waals surface area contributed by atoms with Gasteiger partial charge in [-0.25, -0.2) is 14.2 Å². The summed E-state index contributed by atoms with van der Waals surface area (Å²) in [7, 11) is 0. The summed E-state index contributed by atoms with van der Waals surface area (Å²) in [5, 5.41) is 0. The Bertz CT molecular complexity index is 768. The molecule has 0 atom stereocenters. The number of aromatic amines is 1. The molecule has 4 rings (SSSR count). The van der Waals surface area contributed by atoms with Crippen molar-refractivity contribution < 1.29 is 9.18 Å². The maximum Gasteiger partial charge on any atom is 0.320 e. The Morgan fingerprint density at radius 3 is 2.72 bits per heavy atom. The predicted molar refractivity (Wildman–Crippen MR) is 93.7 cm³/mol. The van der Waals surface area contributed by atoms with E-state index in [0.717, 1.165) is 56.9 Å². The number of amides is 2. The van der Waals surface area contributed by atoms with Gasteiger partial charge in [0.1, 0.15) is 11.3 Å². The first-order valence-electron chi connectivity index (χ1n) is 9.06. The number of likely N-dealkylation sites (tertiary alicyclic amines) is 1. The molecule has 3 heterocycles. The van der Waals surface area contributed by atoms with Crippen LogP contribution in [0.2, 0.25) is 0 Å². The number of H-pyrrole nitrogens is 1. The van der Waals surface area contributed by atoms with Gasteiger partial charge in [0.2, 0.25) is 0 Å². The number of halogens is 1. The summed E-state index contributed by atoms with van der Waals surface area (Å²) in [4.78, 5) is 26.2. The smallest absolute Gasteiger partial charge is 0.320 e. The minimum Gasteiger partial charge on any atom is -0.341 e. The zero-order valence-corrected chi connectivity index (χ0v) is 14.5. The number of rotatable bonds is 4. The molecule has 2 fully saturated rings. The third-order valence-electron chi connectivity index (χ3n) is 5.39. The highest BCUT2D eigenvalue weighted by molar-refractivity contribution is 5.77. The highest BCUT2D eigenvalue weighted by Crippen LogP contribution is 2.23. The fourth-order valence-corrected chi connectivity index (χ4v) is 3.96. The summed E-state index contributed by atoms with van der Waals surface area (Å²) in [6.07, 6.45) is 1.97. The Balaban J connectivity index is 1.36. The zero-order valence-electron chi connectivity index (χ0n) is 14.5. The minimum atomic E-state index is -0.285. The first-order chi connectivity index (χ1) is 12.2. The molecule has 2 aliphatic heterocycles. The lowest BCUT2D eigenvalue weighted by molar-refractivity contribution is 0.125. The summed E-state index contributed by atoms with van der Waals surface area (Å²) in [5.41, 5.74) is 1.15. The van der Waals surface area contributed by atoms with E-state index in [0.29, 0.717) is 18.1 Å². The molecule has 0 spiro atoms. The monoisotopic (exact) mass is 345 g/mol. The first kappa shape index (κ1) is 16.3.